The van der Waals surface area contributed by atoms with Gasteiger partial charge in [-0.2, -0.15) is 0 Å². The molecule has 0 N–H and O–H groups in total. The van der Waals surface area contributed by atoms with Crippen molar-refractivity contribution in [3.8, 4) is 23.0 Å². The first-order chi connectivity index (χ1) is 20.7. The highest BCUT2D eigenvalue weighted by atomic mass is 16.7. The van der Waals surface area contributed by atoms with Crippen molar-refractivity contribution in [1.82, 2.24) is 9.80 Å². The van der Waals surface area contributed by atoms with Gasteiger partial charge in [0.2, 0.25) is 25.4 Å². The van der Waals surface area contributed by atoms with E-state index in [4.69, 9.17) is 18.9 Å². The molecule has 222 valence electrons. The predicted molar refractivity (Wildman–Crippen MR) is 157 cm³/mol. The Morgan fingerprint density at radius 1 is 0.667 bits per heavy atom. The summed E-state index contributed by atoms with van der Waals surface area (Å²) in [6, 6.07) is 12.1. The van der Waals surface area contributed by atoms with Crippen LogP contribution in [0.2, 0.25) is 0 Å². The SMILES string of the molecule is O=C(C1C=CC(c2ccc3c(c2)OCO3)C(C(=O)N2CCCCC2)C1CCc1ccc2c(c1)OCO2)N1CCCCC1. The molecule has 0 spiro atoms. The molecule has 4 heterocycles. The number of carbonyl (C=O) groups is 2. The van der Waals surface area contributed by atoms with Gasteiger partial charge in [0.1, 0.15) is 0 Å². The standard InChI is InChI=1S/C34H40N2O6/c37-33(35-15-3-1-4-16-35)27-12-11-25(24-9-14-29-31(20-24)42-22-40-29)32(34(38)36-17-5-2-6-18-36)26(27)10-7-23-8-13-28-30(19-23)41-21-39-28/h8-9,11-14,19-20,25-27,32H,1-7,10,15-18,21-22H2. The summed E-state index contributed by atoms with van der Waals surface area (Å²) in [7, 11) is 0. The molecule has 0 aromatic heterocycles. The van der Waals surface area contributed by atoms with E-state index in [1.807, 2.05) is 29.2 Å². The van der Waals surface area contributed by atoms with Gasteiger partial charge < -0.3 is 28.7 Å². The van der Waals surface area contributed by atoms with Gasteiger partial charge in [0.05, 0.1) is 11.8 Å². The predicted octanol–water partition coefficient (Wildman–Crippen LogP) is 5.30. The van der Waals surface area contributed by atoms with Crippen molar-refractivity contribution in [1.29, 1.82) is 0 Å². The van der Waals surface area contributed by atoms with Crippen molar-refractivity contribution in [2.75, 3.05) is 39.8 Å². The van der Waals surface area contributed by atoms with E-state index in [2.05, 4.69) is 29.2 Å². The number of benzene rings is 2. The molecule has 4 atom stereocenters. The molecular weight excluding hydrogens is 532 g/mol. The second kappa shape index (κ2) is 11.9. The average Bonchev–Trinajstić information content (AvgIpc) is 3.72. The molecule has 42 heavy (non-hydrogen) atoms. The van der Waals surface area contributed by atoms with Gasteiger partial charge in [-0.25, -0.2) is 0 Å². The Morgan fingerprint density at radius 3 is 1.95 bits per heavy atom. The Bertz CT molecular complexity index is 1350. The topological polar surface area (TPSA) is 77.5 Å². The molecule has 2 fully saturated rings. The van der Waals surface area contributed by atoms with Gasteiger partial charge in [-0.15, -0.1) is 0 Å². The zero-order chi connectivity index (χ0) is 28.5. The van der Waals surface area contributed by atoms with Gasteiger partial charge in [-0.3, -0.25) is 9.59 Å². The number of carbonyl (C=O) groups excluding carboxylic acids is 2. The molecule has 0 saturated carbocycles. The number of nitrogens with zero attached hydrogens (tertiary/aromatic N) is 2. The normalized spacial score (nSPS) is 26.4. The van der Waals surface area contributed by atoms with Crippen molar-refractivity contribution in [2.45, 2.75) is 57.3 Å². The molecule has 4 unspecified atom stereocenters. The monoisotopic (exact) mass is 572 g/mol. The van der Waals surface area contributed by atoms with E-state index < -0.39 is 0 Å². The number of hydrogen-bond donors (Lipinski definition) is 0. The van der Waals surface area contributed by atoms with Crippen LogP contribution >= 0.6 is 0 Å². The smallest absolute Gasteiger partial charge is 0.231 e. The fraction of sp³-hybridized carbons (Fsp3) is 0.529. The van der Waals surface area contributed by atoms with E-state index in [0.717, 1.165) is 99.5 Å². The third kappa shape index (κ3) is 5.32. The van der Waals surface area contributed by atoms with Gasteiger partial charge in [-0.05, 0) is 92.7 Å². The third-order valence-electron chi connectivity index (χ3n) is 9.73. The molecule has 8 nitrogen and oxygen atoms in total. The molecule has 7 rings (SSSR count). The Morgan fingerprint density at radius 2 is 1.26 bits per heavy atom. The fourth-order valence-electron chi connectivity index (χ4n) is 7.47. The number of hydrogen-bond acceptors (Lipinski definition) is 6. The quantitative estimate of drug-likeness (QED) is 0.437. The minimum Gasteiger partial charge on any atom is -0.454 e. The van der Waals surface area contributed by atoms with Crippen LogP contribution in [0.1, 0.15) is 62.0 Å². The molecule has 2 aromatic carbocycles. The molecule has 2 amide bonds. The summed E-state index contributed by atoms with van der Waals surface area (Å²) in [5, 5.41) is 0. The molecule has 2 aromatic rings. The number of piperidine rings is 2. The van der Waals surface area contributed by atoms with E-state index in [1.165, 1.54) is 6.42 Å². The third-order valence-corrected chi connectivity index (χ3v) is 9.73. The van der Waals surface area contributed by atoms with E-state index >= 15 is 0 Å². The number of amides is 2. The van der Waals surface area contributed by atoms with Crippen LogP contribution in [0.25, 0.3) is 0 Å². The van der Waals surface area contributed by atoms with Gasteiger partial charge in [0.15, 0.2) is 23.0 Å². The molecule has 8 heteroatoms. The van der Waals surface area contributed by atoms with Crippen LogP contribution in [0.5, 0.6) is 23.0 Å². The molecule has 2 saturated heterocycles. The van der Waals surface area contributed by atoms with Crippen LogP contribution in [0, 0.1) is 17.8 Å². The first-order valence-corrected chi connectivity index (χ1v) is 15.7. The number of aryl methyl sites for hydroxylation is 1. The van der Waals surface area contributed by atoms with Gasteiger partial charge >= 0.3 is 0 Å². The van der Waals surface area contributed by atoms with E-state index in [1.54, 1.807) is 0 Å². The van der Waals surface area contributed by atoms with Crippen LogP contribution in [-0.4, -0.2) is 61.4 Å². The zero-order valence-corrected chi connectivity index (χ0v) is 24.2. The highest BCUT2D eigenvalue weighted by Crippen LogP contribution is 2.46. The minimum atomic E-state index is -0.346. The Labute approximate surface area is 247 Å². The lowest BCUT2D eigenvalue weighted by molar-refractivity contribution is -0.143. The minimum absolute atomic E-state index is 0.139. The number of likely N-dealkylation sites (tertiary alicyclic amines) is 2. The zero-order valence-electron chi connectivity index (χ0n) is 24.2. The molecule has 1 aliphatic carbocycles. The van der Waals surface area contributed by atoms with Gasteiger partial charge in [0, 0.05) is 32.1 Å². The lowest BCUT2D eigenvalue weighted by Gasteiger charge is -2.43. The largest absolute Gasteiger partial charge is 0.454 e. The summed E-state index contributed by atoms with van der Waals surface area (Å²) >= 11 is 0. The number of allylic oxidation sites excluding steroid dienone is 1. The summed E-state index contributed by atoms with van der Waals surface area (Å²) < 4.78 is 22.5. The maximum atomic E-state index is 14.6. The number of ether oxygens (including phenoxy) is 4. The van der Waals surface area contributed by atoms with Gasteiger partial charge in [-0.1, -0.05) is 24.3 Å². The molecule has 0 bridgehead atoms. The van der Waals surface area contributed by atoms with Crippen molar-refractivity contribution in [3.63, 3.8) is 0 Å². The van der Waals surface area contributed by atoms with Crippen molar-refractivity contribution in [3.05, 3.63) is 59.7 Å². The second-order valence-corrected chi connectivity index (χ2v) is 12.2. The summed E-state index contributed by atoms with van der Waals surface area (Å²) in [4.78, 5) is 32.8. The summed E-state index contributed by atoms with van der Waals surface area (Å²) in [6.45, 7) is 3.62. The van der Waals surface area contributed by atoms with Crippen molar-refractivity contribution >= 4 is 11.8 Å². The maximum Gasteiger partial charge on any atom is 0.231 e. The molecule has 5 aliphatic rings. The fourth-order valence-corrected chi connectivity index (χ4v) is 7.47. The highest BCUT2D eigenvalue weighted by Gasteiger charge is 2.46. The Balaban J connectivity index is 1.25. The average molecular weight is 573 g/mol. The lowest BCUT2D eigenvalue weighted by atomic mass is 9.65. The molecule has 0 radical (unpaired) electrons. The highest BCUT2D eigenvalue weighted by molar-refractivity contribution is 5.86. The first kappa shape index (κ1) is 27.2. The number of rotatable bonds is 6. The van der Waals surface area contributed by atoms with Gasteiger partial charge in [0.25, 0.3) is 0 Å². The van der Waals surface area contributed by atoms with Crippen LogP contribution in [-0.2, 0) is 16.0 Å². The Hall–Kier alpha value is -3.68. The Kier molecular flexibility index (Phi) is 7.70. The summed E-state index contributed by atoms with van der Waals surface area (Å²) in [6.07, 6.45) is 12.2. The maximum absolute atomic E-state index is 14.6. The first-order valence-electron chi connectivity index (χ1n) is 15.7. The number of fused-ring (bicyclic) bond motifs is 2. The van der Waals surface area contributed by atoms with Crippen LogP contribution in [0.3, 0.4) is 0 Å². The van der Waals surface area contributed by atoms with Crippen LogP contribution in [0.15, 0.2) is 48.6 Å². The molecule has 4 aliphatic heterocycles. The lowest BCUT2D eigenvalue weighted by Crippen LogP contribution is -2.50. The van der Waals surface area contributed by atoms with Crippen LogP contribution < -0.4 is 18.9 Å². The van der Waals surface area contributed by atoms with Crippen LogP contribution in [0.4, 0.5) is 0 Å². The van der Waals surface area contributed by atoms with Crippen molar-refractivity contribution < 1.29 is 28.5 Å². The molecular formula is C34H40N2O6. The van der Waals surface area contributed by atoms with E-state index in [-0.39, 0.29) is 49.1 Å². The van der Waals surface area contributed by atoms with E-state index in [0.29, 0.717) is 5.75 Å². The van der Waals surface area contributed by atoms with E-state index in [9.17, 15) is 9.59 Å². The summed E-state index contributed by atoms with van der Waals surface area (Å²) in [5.74, 6) is 2.34. The second-order valence-electron chi connectivity index (χ2n) is 12.2. The van der Waals surface area contributed by atoms with Crippen molar-refractivity contribution in [2.24, 2.45) is 17.8 Å². The summed E-state index contributed by atoms with van der Waals surface area (Å²) in [5.41, 5.74) is 2.16.